The van der Waals surface area contributed by atoms with Gasteiger partial charge >= 0.3 is 0 Å². The summed E-state index contributed by atoms with van der Waals surface area (Å²) in [7, 11) is 0. The number of piperidine rings is 1. The normalized spacial score (nSPS) is 14.6. The number of amides is 1. The van der Waals surface area contributed by atoms with Crippen molar-refractivity contribution in [2.45, 2.75) is 43.8 Å². The van der Waals surface area contributed by atoms with Crippen molar-refractivity contribution in [2.24, 2.45) is 0 Å². The van der Waals surface area contributed by atoms with Gasteiger partial charge in [0, 0.05) is 26.1 Å². The smallest absolute Gasteiger partial charge is 0.220 e. The first-order valence-electron chi connectivity index (χ1n) is 9.13. The SMILES string of the molecule is C=CCCC(=O)NCCn1ncc2c(N3CCCCC3)nc(SC)nc21. The zero-order valence-corrected chi connectivity index (χ0v) is 16.1. The zero-order valence-electron chi connectivity index (χ0n) is 15.3. The van der Waals surface area contributed by atoms with Crippen LogP contribution < -0.4 is 10.2 Å². The third-order valence-corrected chi connectivity index (χ3v) is 5.06. The third kappa shape index (κ3) is 4.35. The number of hydrogen-bond acceptors (Lipinski definition) is 6. The van der Waals surface area contributed by atoms with Crippen molar-refractivity contribution < 1.29 is 4.79 Å². The molecule has 3 rings (SSSR count). The zero-order chi connectivity index (χ0) is 18.4. The van der Waals surface area contributed by atoms with Gasteiger partial charge in [0.2, 0.25) is 5.91 Å². The molecular weight excluding hydrogens is 348 g/mol. The molecule has 0 spiro atoms. The minimum Gasteiger partial charge on any atom is -0.356 e. The maximum Gasteiger partial charge on any atom is 0.220 e. The van der Waals surface area contributed by atoms with E-state index in [1.807, 2.05) is 17.1 Å². The standard InChI is InChI=1S/C18H26N6OS/c1-3-4-8-15(25)19-9-12-24-17-14(13-20-24)16(21-18(22-17)26-2)23-10-6-5-7-11-23/h3,13H,1,4-12H2,2H3,(H,19,25). The quantitative estimate of drug-likeness (QED) is 0.435. The molecule has 0 aromatic carbocycles. The van der Waals surface area contributed by atoms with Crippen molar-refractivity contribution in [3.05, 3.63) is 18.9 Å². The van der Waals surface area contributed by atoms with Crippen LogP contribution in [0.25, 0.3) is 11.0 Å². The largest absolute Gasteiger partial charge is 0.356 e. The lowest BCUT2D eigenvalue weighted by Gasteiger charge is -2.28. The Morgan fingerprint density at radius 3 is 2.88 bits per heavy atom. The number of carbonyl (C=O) groups excluding carboxylic acids is 1. The summed E-state index contributed by atoms with van der Waals surface area (Å²) in [6.45, 7) is 6.82. The second-order valence-electron chi connectivity index (χ2n) is 6.36. The van der Waals surface area contributed by atoms with Gasteiger partial charge in [-0.25, -0.2) is 14.6 Å². The van der Waals surface area contributed by atoms with E-state index in [0.29, 0.717) is 25.9 Å². The molecule has 0 atom stereocenters. The van der Waals surface area contributed by atoms with Crippen LogP contribution in [0, 0.1) is 0 Å². The van der Waals surface area contributed by atoms with E-state index in [4.69, 9.17) is 4.98 Å². The number of thioether (sulfide) groups is 1. The van der Waals surface area contributed by atoms with Gasteiger partial charge in [-0.3, -0.25) is 4.79 Å². The van der Waals surface area contributed by atoms with E-state index in [0.717, 1.165) is 35.1 Å². The van der Waals surface area contributed by atoms with E-state index in [9.17, 15) is 4.79 Å². The Balaban J connectivity index is 1.77. The topological polar surface area (TPSA) is 75.9 Å². The number of hydrogen-bond donors (Lipinski definition) is 1. The lowest BCUT2D eigenvalue weighted by atomic mass is 10.1. The molecule has 8 heteroatoms. The van der Waals surface area contributed by atoms with Crippen molar-refractivity contribution in [2.75, 3.05) is 30.8 Å². The average Bonchev–Trinajstić information content (AvgIpc) is 3.09. The molecule has 7 nitrogen and oxygen atoms in total. The molecule has 0 unspecified atom stereocenters. The molecule has 0 aliphatic carbocycles. The van der Waals surface area contributed by atoms with Crippen LogP contribution in [0.1, 0.15) is 32.1 Å². The molecule has 0 saturated carbocycles. The van der Waals surface area contributed by atoms with Gasteiger partial charge in [-0.2, -0.15) is 5.10 Å². The summed E-state index contributed by atoms with van der Waals surface area (Å²) in [5, 5.41) is 9.16. The Morgan fingerprint density at radius 2 is 2.15 bits per heavy atom. The molecule has 1 aliphatic rings. The first-order chi connectivity index (χ1) is 12.7. The van der Waals surface area contributed by atoms with Crippen LogP contribution in [0.2, 0.25) is 0 Å². The van der Waals surface area contributed by atoms with Gasteiger partial charge in [0.25, 0.3) is 0 Å². The van der Waals surface area contributed by atoms with Crippen LogP contribution in [0.15, 0.2) is 24.0 Å². The fraction of sp³-hybridized carbons (Fsp3) is 0.556. The second kappa shape index (κ2) is 9.02. The van der Waals surface area contributed by atoms with Crippen LogP contribution in [-0.2, 0) is 11.3 Å². The molecule has 1 aliphatic heterocycles. The van der Waals surface area contributed by atoms with Crippen LogP contribution in [0.3, 0.4) is 0 Å². The number of fused-ring (bicyclic) bond motifs is 1. The highest BCUT2D eigenvalue weighted by atomic mass is 32.2. The Hall–Kier alpha value is -2.09. The number of carbonyl (C=O) groups is 1. The molecule has 3 heterocycles. The molecule has 1 amide bonds. The maximum atomic E-state index is 11.7. The number of nitrogens with one attached hydrogen (secondary N) is 1. The fourth-order valence-corrected chi connectivity index (χ4v) is 3.50. The highest BCUT2D eigenvalue weighted by Gasteiger charge is 2.19. The minimum absolute atomic E-state index is 0.0368. The van der Waals surface area contributed by atoms with Crippen LogP contribution in [0.4, 0.5) is 5.82 Å². The second-order valence-corrected chi connectivity index (χ2v) is 7.14. The summed E-state index contributed by atoms with van der Waals surface area (Å²) < 4.78 is 1.86. The molecule has 2 aromatic heterocycles. The number of aromatic nitrogens is 4. The van der Waals surface area contributed by atoms with Gasteiger partial charge in [-0.1, -0.05) is 17.8 Å². The third-order valence-electron chi connectivity index (χ3n) is 4.52. The van der Waals surface area contributed by atoms with E-state index >= 15 is 0 Å². The molecule has 140 valence electrons. The van der Waals surface area contributed by atoms with E-state index < -0.39 is 0 Å². The summed E-state index contributed by atoms with van der Waals surface area (Å²) in [5.41, 5.74) is 0.838. The van der Waals surface area contributed by atoms with Crippen molar-refractivity contribution in [1.29, 1.82) is 0 Å². The summed E-state index contributed by atoms with van der Waals surface area (Å²) >= 11 is 1.54. The molecule has 1 fully saturated rings. The van der Waals surface area contributed by atoms with Crippen LogP contribution in [-0.4, -0.2) is 51.5 Å². The maximum absolute atomic E-state index is 11.7. The van der Waals surface area contributed by atoms with E-state index in [-0.39, 0.29) is 5.91 Å². The first-order valence-corrected chi connectivity index (χ1v) is 10.4. The Bertz CT molecular complexity index is 768. The highest BCUT2D eigenvalue weighted by molar-refractivity contribution is 7.98. The summed E-state index contributed by atoms with van der Waals surface area (Å²) in [6, 6.07) is 0. The van der Waals surface area contributed by atoms with Gasteiger partial charge in [0.15, 0.2) is 10.8 Å². The van der Waals surface area contributed by atoms with Crippen LogP contribution in [0.5, 0.6) is 0 Å². The first kappa shape index (κ1) is 18.7. The molecule has 26 heavy (non-hydrogen) atoms. The predicted molar refractivity (Wildman–Crippen MR) is 106 cm³/mol. The van der Waals surface area contributed by atoms with Gasteiger partial charge in [0.1, 0.15) is 5.82 Å². The van der Waals surface area contributed by atoms with E-state index in [1.165, 1.54) is 19.3 Å². The lowest BCUT2D eigenvalue weighted by Crippen LogP contribution is -2.30. The average molecular weight is 375 g/mol. The van der Waals surface area contributed by atoms with Gasteiger partial charge in [-0.15, -0.1) is 6.58 Å². The van der Waals surface area contributed by atoms with Crippen molar-refractivity contribution in [3.63, 3.8) is 0 Å². The molecule has 1 saturated heterocycles. The summed E-state index contributed by atoms with van der Waals surface area (Å²) in [5.74, 6) is 1.02. The minimum atomic E-state index is 0.0368. The summed E-state index contributed by atoms with van der Waals surface area (Å²) in [6.07, 6.45) is 10.4. The van der Waals surface area contributed by atoms with Gasteiger partial charge in [-0.05, 0) is 31.9 Å². The van der Waals surface area contributed by atoms with Crippen molar-refractivity contribution >= 4 is 34.5 Å². The molecule has 0 radical (unpaired) electrons. The highest BCUT2D eigenvalue weighted by Crippen LogP contribution is 2.28. The molecule has 2 aromatic rings. The van der Waals surface area contributed by atoms with Gasteiger partial charge in [0.05, 0.1) is 18.1 Å². The summed E-state index contributed by atoms with van der Waals surface area (Å²) in [4.78, 5) is 23.5. The molecule has 0 bridgehead atoms. The number of anilines is 1. The molecular formula is C18H26N6OS. The van der Waals surface area contributed by atoms with Crippen LogP contribution >= 0.6 is 11.8 Å². The van der Waals surface area contributed by atoms with Crippen molar-refractivity contribution in [3.8, 4) is 0 Å². The number of nitrogens with zero attached hydrogens (tertiary/aromatic N) is 5. The Kier molecular flexibility index (Phi) is 6.49. The monoisotopic (exact) mass is 374 g/mol. The van der Waals surface area contributed by atoms with E-state index in [2.05, 4.69) is 26.9 Å². The fourth-order valence-electron chi connectivity index (χ4n) is 3.15. The number of rotatable bonds is 8. The van der Waals surface area contributed by atoms with E-state index in [1.54, 1.807) is 17.8 Å². The Labute approximate surface area is 158 Å². The van der Waals surface area contributed by atoms with Crippen molar-refractivity contribution in [1.82, 2.24) is 25.1 Å². The lowest BCUT2D eigenvalue weighted by molar-refractivity contribution is -0.121. The predicted octanol–water partition coefficient (Wildman–Crippen LogP) is 2.62. The van der Waals surface area contributed by atoms with Gasteiger partial charge < -0.3 is 10.2 Å². The molecule has 1 N–H and O–H groups in total. The Morgan fingerprint density at radius 1 is 1.35 bits per heavy atom. The number of allylic oxidation sites excluding steroid dienone is 1.